The predicted octanol–water partition coefficient (Wildman–Crippen LogP) is 3.87. The van der Waals surface area contributed by atoms with Crippen LogP contribution >= 0.6 is 11.8 Å². The molecule has 148 valence electrons. The molecular weight excluding hydrogens is 373 g/mol. The lowest BCUT2D eigenvalue weighted by atomic mass is 10.2. The highest BCUT2D eigenvalue weighted by molar-refractivity contribution is 8.00. The number of rotatable bonds is 4. The Morgan fingerprint density at radius 3 is 2.43 bits per heavy atom. The summed E-state index contributed by atoms with van der Waals surface area (Å²) in [5.74, 6) is -0.0416. The fraction of sp³-hybridized carbons (Fsp3) is 0.409. The zero-order valence-electron chi connectivity index (χ0n) is 16.2. The quantitative estimate of drug-likeness (QED) is 0.780. The van der Waals surface area contributed by atoms with Crippen LogP contribution in [-0.2, 0) is 4.79 Å². The summed E-state index contributed by atoms with van der Waals surface area (Å²) in [5.41, 5.74) is 1.79. The van der Waals surface area contributed by atoms with E-state index in [0.29, 0.717) is 43.7 Å². The number of para-hydroxylation sites is 2. The van der Waals surface area contributed by atoms with Gasteiger partial charge in [0.25, 0.3) is 0 Å². The van der Waals surface area contributed by atoms with E-state index in [1.165, 1.54) is 11.0 Å². The van der Waals surface area contributed by atoms with Crippen LogP contribution in [0.2, 0.25) is 0 Å². The number of halogens is 1. The summed E-state index contributed by atoms with van der Waals surface area (Å²) >= 11 is 1.91. The summed E-state index contributed by atoms with van der Waals surface area (Å²) < 4.78 is 14.0. The molecule has 0 radical (unpaired) electrons. The third-order valence-electron chi connectivity index (χ3n) is 5.53. The smallest absolute Gasteiger partial charge is 0.242 e. The second-order valence-electron chi connectivity index (χ2n) is 7.32. The minimum atomic E-state index is -0.199. The number of benzene rings is 2. The van der Waals surface area contributed by atoms with E-state index in [1.54, 1.807) is 12.1 Å². The molecule has 2 aliphatic heterocycles. The molecule has 2 heterocycles. The monoisotopic (exact) mass is 399 g/mol. The van der Waals surface area contributed by atoms with Crippen molar-refractivity contribution in [2.45, 2.75) is 23.5 Å². The minimum absolute atomic E-state index is 0.157. The number of nitrogens with zero attached hydrogens (tertiary/aromatic N) is 3. The van der Waals surface area contributed by atoms with Crippen molar-refractivity contribution in [3.05, 3.63) is 54.3 Å². The maximum absolute atomic E-state index is 14.0. The van der Waals surface area contributed by atoms with Gasteiger partial charge in [-0.2, -0.15) is 0 Å². The molecule has 2 aliphatic rings. The first kappa shape index (κ1) is 19.1. The number of amides is 1. The highest BCUT2D eigenvalue weighted by Crippen LogP contribution is 2.39. The number of carbonyl (C=O) groups excluding carboxylic acids is 1. The van der Waals surface area contributed by atoms with E-state index in [2.05, 4.69) is 30.0 Å². The van der Waals surface area contributed by atoms with Gasteiger partial charge in [-0.05, 0) is 30.7 Å². The van der Waals surface area contributed by atoms with Gasteiger partial charge in [-0.3, -0.25) is 4.79 Å². The molecule has 1 amide bonds. The first-order valence-corrected chi connectivity index (χ1v) is 10.8. The van der Waals surface area contributed by atoms with Gasteiger partial charge in [0.15, 0.2) is 0 Å². The van der Waals surface area contributed by atoms with E-state index in [-0.39, 0.29) is 11.7 Å². The first-order valence-electron chi connectivity index (χ1n) is 9.93. The number of hydrogen-bond donors (Lipinski definition) is 0. The second kappa shape index (κ2) is 8.43. The van der Waals surface area contributed by atoms with Crippen LogP contribution in [-0.4, -0.2) is 55.3 Å². The summed E-state index contributed by atoms with van der Waals surface area (Å²) in [5, 5.41) is 0.514. The third-order valence-corrected chi connectivity index (χ3v) is 6.95. The number of piperazine rings is 1. The molecule has 1 fully saturated rings. The number of carbonyl (C=O) groups is 1. The Bertz CT molecular complexity index is 838. The van der Waals surface area contributed by atoms with Crippen molar-refractivity contribution in [2.75, 3.05) is 49.1 Å². The predicted molar refractivity (Wildman–Crippen MR) is 114 cm³/mol. The highest BCUT2D eigenvalue weighted by Gasteiger charge is 2.28. The van der Waals surface area contributed by atoms with E-state index in [1.807, 2.05) is 33.7 Å². The summed E-state index contributed by atoms with van der Waals surface area (Å²) in [6, 6.07) is 15.2. The Morgan fingerprint density at radius 2 is 1.71 bits per heavy atom. The van der Waals surface area contributed by atoms with Gasteiger partial charge in [-0.15, -0.1) is 11.8 Å². The van der Waals surface area contributed by atoms with Crippen LogP contribution in [0.3, 0.4) is 0 Å². The minimum Gasteiger partial charge on any atom is -0.366 e. The molecule has 4 rings (SSSR count). The molecule has 28 heavy (non-hydrogen) atoms. The number of fused-ring (bicyclic) bond motifs is 1. The Labute approximate surface area is 170 Å². The molecule has 2 aromatic rings. The van der Waals surface area contributed by atoms with Crippen LogP contribution in [0.5, 0.6) is 0 Å². The Kier molecular flexibility index (Phi) is 5.76. The first-order chi connectivity index (χ1) is 13.7. The van der Waals surface area contributed by atoms with Crippen molar-refractivity contribution in [3.8, 4) is 0 Å². The highest BCUT2D eigenvalue weighted by atomic mass is 32.2. The lowest BCUT2D eigenvalue weighted by Gasteiger charge is -2.39. The van der Waals surface area contributed by atoms with Crippen LogP contribution in [0.1, 0.15) is 13.3 Å². The van der Waals surface area contributed by atoms with E-state index < -0.39 is 0 Å². The van der Waals surface area contributed by atoms with Crippen LogP contribution in [0.15, 0.2) is 53.4 Å². The van der Waals surface area contributed by atoms with Crippen molar-refractivity contribution in [1.29, 1.82) is 0 Å². The molecule has 0 bridgehead atoms. The molecule has 0 N–H and O–H groups in total. The Morgan fingerprint density at radius 1 is 1.04 bits per heavy atom. The summed E-state index contributed by atoms with van der Waals surface area (Å²) in [7, 11) is 0. The van der Waals surface area contributed by atoms with Crippen LogP contribution in [0, 0.1) is 5.82 Å². The molecule has 0 unspecified atom stereocenters. The molecular formula is C22H26FN3OS. The molecule has 6 heteroatoms. The van der Waals surface area contributed by atoms with Gasteiger partial charge in [-0.25, -0.2) is 4.39 Å². The Hall–Kier alpha value is -2.21. The fourth-order valence-corrected chi connectivity index (χ4v) is 5.16. The number of anilines is 2. The van der Waals surface area contributed by atoms with Crippen molar-refractivity contribution < 1.29 is 9.18 Å². The van der Waals surface area contributed by atoms with Crippen LogP contribution in [0.4, 0.5) is 15.8 Å². The number of hydrogen-bond acceptors (Lipinski definition) is 4. The summed E-state index contributed by atoms with van der Waals surface area (Å²) in [6.07, 6.45) is 1.09. The molecule has 1 atom stereocenters. The second-order valence-corrected chi connectivity index (χ2v) is 8.66. The maximum atomic E-state index is 14.0. The van der Waals surface area contributed by atoms with Crippen molar-refractivity contribution in [3.63, 3.8) is 0 Å². The molecule has 0 saturated carbocycles. The third kappa shape index (κ3) is 3.97. The number of thioether (sulfide) groups is 1. The largest absolute Gasteiger partial charge is 0.366 e. The fourth-order valence-electron chi connectivity index (χ4n) is 3.91. The van der Waals surface area contributed by atoms with Gasteiger partial charge in [0, 0.05) is 42.9 Å². The van der Waals surface area contributed by atoms with E-state index >= 15 is 0 Å². The summed E-state index contributed by atoms with van der Waals surface area (Å²) in [6.45, 7) is 6.11. The van der Waals surface area contributed by atoms with Crippen LogP contribution in [0.25, 0.3) is 0 Å². The van der Waals surface area contributed by atoms with Crippen LogP contribution < -0.4 is 9.80 Å². The molecule has 0 aliphatic carbocycles. The maximum Gasteiger partial charge on any atom is 0.242 e. The van der Waals surface area contributed by atoms with E-state index in [9.17, 15) is 9.18 Å². The van der Waals surface area contributed by atoms with Crippen molar-refractivity contribution >= 4 is 29.0 Å². The molecule has 0 aromatic heterocycles. The van der Waals surface area contributed by atoms with Gasteiger partial charge < -0.3 is 14.7 Å². The van der Waals surface area contributed by atoms with E-state index in [4.69, 9.17) is 0 Å². The SMILES string of the molecule is CC[C@H]1CN(CC(=O)N2CCN(c3ccccc3F)CC2)c2ccccc2S1. The topological polar surface area (TPSA) is 26.8 Å². The lowest BCUT2D eigenvalue weighted by Crippen LogP contribution is -2.52. The molecule has 1 saturated heterocycles. The standard InChI is InChI=1S/C22H26FN3OS/c1-2-17-15-26(20-9-5-6-10-21(20)28-17)16-22(27)25-13-11-24(12-14-25)19-8-4-3-7-18(19)23/h3-10,17H,2,11-16H2,1H3/t17-/m0/s1. The summed E-state index contributed by atoms with van der Waals surface area (Å²) in [4.78, 5) is 20.4. The van der Waals surface area contributed by atoms with Crippen molar-refractivity contribution in [2.24, 2.45) is 0 Å². The molecule has 0 spiro atoms. The zero-order valence-corrected chi connectivity index (χ0v) is 17.0. The van der Waals surface area contributed by atoms with Gasteiger partial charge in [0.05, 0.1) is 17.9 Å². The molecule has 2 aromatic carbocycles. The normalized spacial score (nSPS) is 19.5. The van der Waals surface area contributed by atoms with Crippen molar-refractivity contribution in [1.82, 2.24) is 4.90 Å². The average Bonchev–Trinajstić information content (AvgIpc) is 2.74. The van der Waals surface area contributed by atoms with Gasteiger partial charge >= 0.3 is 0 Å². The molecule has 4 nitrogen and oxygen atoms in total. The zero-order chi connectivity index (χ0) is 19.5. The van der Waals surface area contributed by atoms with E-state index in [0.717, 1.165) is 18.7 Å². The lowest BCUT2D eigenvalue weighted by molar-refractivity contribution is -0.130. The van der Waals surface area contributed by atoms with Gasteiger partial charge in [0.1, 0.15) is 5.82 Å². The average molecular weight is 400 g/mol. The van der Waals surface area contributed by atoms with Gasteiger partial charge in [-0.1, -0.05) is 31.2 Å². The van der Waals surface area contributed by atoms with Gasteiger partial charge in [0.2, 0.25) is 5.91 Å². The Balaban J connectivity index is 1.39.